The van der Waals surface area contributed by atoms with Crippen LogP contribution in [0, 0.1) is 0 Å². The third kappa shape index (κ3) is 7.81. The molecule has 9 heteroatoms. The quantitative estimate of drug-likeness (QED) is 0.397. The summed E-state index contributed by atoms with van der Waals surface area (Å²) in [5.41, 5.74) is 3.03. The van der Waals surface area contributed by atoms with Crippen molar-refractivity contribution in [1.29, 1.82) is 0 Å². The highest BCUT2D eigenvalue weighted by atomic mass is 35.5. The maximum absolute atomic E-state index is 13.8. The number of benzene rings is 3. The maximum atomic E-state index is 13.8. The number of likely N-dealkylation sites (N-methyl/N-ethyl adjacent to an activating group) is 1. The molecule has 1 atom stereocenters. The standard InChI is InChI=1S/C28H32ClN3O4S/c1-4-21-13-15-25(16-14-21)32(37(3,35)36)20-27(33)31(19-23-11-8-12-24(29)17-23)26(28(34)30-2)18-22-9-6-5-7-10-22/h5-17,26H,4,18-20H2,1-3H3,(H,30,34)/t26-/m0/s1. The summed E-state index contributed by atoms with van der Waals surface area (Å²) in [7, 11) is -2.28. The Morgan fingerprint density at radius 1 is 0.919 bits per heavy atom. The number of halogens is 1. The molecule has 0 radical (unpaired) electrons. The molecule has 7 nitrogen and oxygen atoms in total. The monoisotopic (exact) mass is 541 g/mol. The van der Waals surface area contributed by atoms with E-state index in [4.69, 9.17) is 11.6 Å². The summed E-state index contributed by atoms with van der Waals surface area (Å²) in [6.45, 7) is 1.63. The Morgan fingerprint density at radius 2 is 1.57 bits per heavy atom. The van der Waals surface area contributed by atoms with E-state index in [0.717, 1.165) is 33.7 Å². The molecule has 0 aliphatic rings. The minimum absolute atomic E-state index is 0.0800. The van der Waals surface area contributed by atoms with E-state index in [0.29, 0.717) is 10.7 Å². The van der Waals surface area contributed by atoms with Crippen LogP contribution in [0.2, 0.25) is 5.02 Å². The van der Waals surface area contributed by atoms with Crippen molar-refractivity contribution in [1.82, 2.24) is 10.2 Å². The van der Waals surface area contributed by atoms with E-state index in [1.54, 1.807) is 30.3 Å². The Bertz CT molecular complexity index is 1310. The summed E-state index contributed by atoms with van der Waals surface area (Å²) < 4.78 is 26.6. The van der Waals surface area contributed by atoms with Gasteiger partial charge in [0.15, 0.2) is 0 Å². The zero-order chi connectivity index (χ0) is 27.0. The molecule has 1 N–H and O–H groups in total. The molecule has 0 unspecified atom stereocenters. The lowest BCUT2D eigenvalue weighted by Gasteiger charge is -2.33. The predicted octanol–water partition coefficient (Wildman–Crippen LogP) is 4.05. The first-order chi connectivity index (χ1) is 17.6. The molecule has 3 aromatic carbocycles. The molecular weight excluding hydrogens is 510 g/mol. The molecule has 0 aliphatic carbocycles. The number of amides is 2. The number of nitrogens with one attached hydrogen (secondary N) is 1. The van der Waals surface area contributed by atoms with E-state index in [1.165, 1.54) is 11.9 Å². The third-order valence-electron chi connectivity index (χ3n) is 6.07. The second kappa shape index (κ2) is 12.7. The number of sulfonamides is 1. The van der Waals surface area contributed by atoms with Crippen molar-refractivity contribution in [2.45, 2.75) is 32.4 Å². The van der Waals surface area contributed by atoms with Crippen LogP contribution in [-0.2, 0) is 39.0 Å². The van der Waals surface area contributed by atoms with Gasteiger partial charge in [0, 0.05) is 25.0 Å². The van der Waals surface area contributed by atoms with Gasteiger partial charge in [0.2, 0.25) is 21.8 Å². The lowest BCUT2D eigenvalue weighted by Crippen LogP contribution is -2.52. The van der Waals surface area contributed by atoms with Crippen LogP contribution < -0.4 is 9.62 Å². The lowest BCUT2D eigenvalue weighted by atomic mass is 10.0. The second-order valence-electron chi connectivity index (χ2n) is 8.76. The molecular formula is C28H32ClN3O4S. The molecule has 0 bridgehead atoms. The molecule has 0 heterocycles. The number of nitrogens with zero attached hydrogens (tertiary/aromatic N) is 2. The van der Waals surface area contributed by atoms with Crippen LogP contribution >= 0.6 is 11.6 Å². The smallest absolute Gasteiger partial charge is 0.244 e. The van der Waals surface area contributed by atoms with E-state index in [2.05, 4.69) is 5.32 Å². The summed E-state index contributed by atoms with van der Waals surface area (Å²) in [5.74, 6) is -0.855. The maximum Gasteiger partial charge on any atom is 0.244 e. The van der Waals surface area contributed by atoms with Crippen LogP contribution in [0.25, 0.3) is 0 Å². The first-order valence-electron chi connectivity index (χ1n) is 12.0. The summed E-state index contributed by atoms with van der Waals surface area (Å²) in [6, 6.07) is 22.6. The van der Waals surface area contributed by atoms with Crippen LogP contribution in [0.15, 0.2) is 78.9 Å². The molecule has 3 rings (SSSR count). The van der Waals surface area contributed by atoms with Gasteiger partial charge in [0.05, 0.1) is 11.9 Å². The Balaban J connectivity index is 2.01. The van der Waals surface area contributed by atoms with Crippen molar-refractivity contribution in [3.05, 3.63) is 101 Å². The first kappa shape index (κ1) is 28.2. The Hall–Kier alpha value is -3.36. The van der Waals surface area contributed by atoms with E-state index < -0.39 is 28.5 Å². The minimum Gasteiger partial charge on any atom is -0.357 e. The highest BCUT2D eigenvalue weighted by Gasteiger charge is 2.32. The minimum atomic E-state index is -3.79. The topological polar surface area (TPSA) is 86.8 Å². The molecule has 0 aromatic heterocycles. The van der Waals surface area contributed by atoms with Crippen molar-refractivity contribution in [3.63, 3.8) is 0 Å². The Morgan fingerprint density at radius 3 is 2.14 bits per heavy atom. The van der Waals surface area contributed by atoms with Crippen molar-refractivity contribution in [3.8, 4) is 0 Å². The number of hydrogen-bond donors (Lipinski definition) is 1. The molecule has 196 valence electrons. The molecule has 2 amide bonds. The van der Waals surface area contributed by atoms with Gasteiger partial charge >= 0.3 is 0 Å². The average molecular weight is 542 g/mol. The SMILES string of the molecule is CCc1ccc(N(CC(=O)N(Cc2cccc(Cl)c2)[C@@H](Cc2ccccc2)C(=O)NC)S(C)(=O)=O)cc1. The van der Waals surface area contributed by atoms with Gasteiger partial charge in [0.1, 0.15) is 12.6 Å². The van der Waals surface area contributed by atoms with Gasteiger partial charge in [-0.05, 0) is 47.4 Å². The van der Waals surface area contributed by atoms with E-state index >= 15 is 0 Å². The fourth-order valence-electron chi connectivity index (χ4n) is 4.06. The number of hydrogen-bond acceptors (Lipinski definition) is 4. The normalized spacial score (nSPS) is 12.0. The number of carbonyl (C=O) groups is 2. The number of aryl methyl sites for hydroxylation is 1. The summed E-state index contributed by atoms with van der Waals surface area (Å²) >= 11 is 6.19. The highest BCUT2D eigenvalue weighted by Crippen LogP contribution is 2.22. The van der Waals surface area contributed by atoms with Crippen LogP contribution in [0.5, 0.6) is 0 Å². The van der Waals surface area contributed by atoms with Crippen LogP contribution in [-0.4, -0.2) is 51.0 Å². The van der Waals surface area contributed by atoms with Crippen LogP contribution in [0.3, 0.4) is 0 Å². The van der Waals surface area contributed by atoms with Gasteiger partial charge in [0.25, 0.3) is 0 Å². The van der Waals surface area contributed by atoms with Crippen LogP contribution in [0.4, 0.5) is 5.69 Å². The Kier molecular flexibility index (Phi) is 9.72. The van der Waals surface area contributed by atoms with Gasteiger partial charge in [-0.15, -0.1) is 0 Å². The molecule has 3 aromatic rings. The van der Waals surface area contributed by atoms with Crippen molar-refractivity contribution >= 4 is 39.1 Å². The fraction of sp³-hybridized carbons (Fsp3) is 0.286. The molecule has 0 fully saturated rings. The zero-order valence-corrected chi connectivity index (χ0v) is 22.8. The largest absolute Gasteiger partial charge is 0.357 e. The van der Waals surface area contributed by atoms with Gasteiger partial charge < -0.3 is 10.2 Å². The Labute approximate surface area is 224 Å². The second-order valence-corrected chi connectivity index (χ2v) is 11.1. The van der Waals surface area contributed by atoms with Gasteiger partial charge in [-0.1, -0.05) is 73.1 Å². The molecule has 0 saturated heterocycles. The summed E-state index contributed by atoms with van der Waals surface area (Å²) in [6.07, 6.45) is 2.13. The number of rotatable bonds is 11. The van der Waals surface area contributed by atoms with E-state index in [1.807, 2.05) is 55.5 Å². The zero-order valence-electron chi connectivity index (χ0n) is 21.2. The van der Waals surface area contributed by atoms with Crippen LogP contribution in [0.1, 0.15) is 23.6 Å². The first-order valence-corrected chi connectivity index (χ1v) is 14.2. The average Bonchev–Trinajstić information content (AvgIpc) is 2.88. The number of anilines is 1. The summed E-state index contributed by atoms with van der Waals surface area (Å²) in [4.78, 5) is 28.4. The lowest BCUT2D eigenvalue weighted by molar-refractivity contribution is -0.139. The summed E-state index contributed by atoms with van der Waals surface area (Å²) in [5, 5.41) is 3.15. The van der Waals surface area contributed by atoms with Gasteiger partial charge in [-0.2, -0.15) is 0 Å². The predicted molar refractivity (Wildman–Crippen MR) is 148 cm³/mol. The molecule has 37 heavy (non-hydrogen) atoms. The molecule has 0 saturated carbocycles. The van der Waals surface area contributed by atoms with Gasteiger partial charge in [-0.25, -0.2) is 8.42 Å². The molecule has 0 aliphatic heterocycles. The van der Waals surface area contributed by atoms with Crippen molar-refractivity contribution in [2.24, 2.45) is 0 Å². The fourth-order valence-corrected chi connectivity index (χ4v) is 5.13. The van der Waals surface area contributed by atoms with Crippen molar-refractivity contribution < 1.29 is 18.0 Å². The van der Waals surface area contributed by atoms with E-state index in [9.17, 15) is 18.0 Å². The number of carbonyl (C=O) groups excluding carboxylic acids is 2. The van der Waals surface area contributed by atoms with E-state index in [-0.39, 0.29) is 18.9 Å². The highest BCUT2D eigenvalue weighted by molar-refractivity contribution is 7.92. The third-order valence-corrected chi connectivity index (χ3v) is 7.45. The molecule has 0 spiro atoms. The van der Waals surface area contributed by atoms with Crippen molar-refractivity contribution in [2.75, 3.05) is 24.2 Å². The van der Waals surface area contributed by atoms with Gasteiger partial charge in [-0.3, -0.25) is 13.9 Å².